The lowest BCUT2D eigenvalue weighted by molar-refractivity contribution is 0.0709. The van der Waals surface area contributed by atoms with Crippen molar-refractivity contribution in [1.82, 2.24) is 24.5 Å². The van der Waals surface area contributed by atoms with Crippen LogP contribution in [0.15, 0.2) is 30.5 Å². The lowest BCUT2D eigenvalue weighted by atomic mass is 9.89. The molecule has 1 aromatic carbocycles. The monoisotopic (exact) mass is 440 g/mol. The zero-order chi connectivity index (χ0) is 22.0. The molecule has 3 aromatic rings. The predicted molar refractivity (Wildman–Crippen MR) is 119 cm³/mol. The van der Waals surface area contributed by atoms with Gasteiger partial charge < -0.3 is 9.80 Å². The molecule has 1 fully saturated rings. The average molecular weight is 441 g/mol. The standard InChI is InChI=1S/C22H25FN6OS/c1-4-18-20(31-27-26-18)21(30)29-11-5-6-15(13-29)19-17(12-24-22(25-19)28(2)3)14-7-9-16(23)10-8-14/h7-10,12,15H,4-6,11,13H2,1-3H3. The summed E-state index contributed by atoms with van der Waals surface area (Å²) in [5, 5.41) is 4.08. The fraction of sp³-hybridized carbons (Fsp3) is 0.409. The van der Waals surface area contributed by atoms with E-state index >= 15 is 0 Å². The van der Waals surface area contributed by atoms with Crippen molar-refractivity contribution in [3.63, 3.8) is 0 Å². The molecule has 3 heterocycles. The number of aromatic nitrogens is 4. The molecule has 0 saturated carbocycles. The van der Waals surface area contributed by atoms with Crippen molar-refractivity contribution in [3.05, 3.63) is 52.5 Å². The molecule has 1 unspecified atom stereocenters. The average Bonchev–Trinajstić information content (AvgIpc) is 3.28. The Balaban J connectivity index is 1.68. The first kappa shape index (κ1) is 21.3. The Labute approximate surface area is 185 Å². The van der Waals surface area contributed by atoms with Crippen molar-refractivity contribution in [2.45, 2.75) is 32.1 Å². The molecular formula is C22H25FN6OS. The highest BCUT2D eigenvalue weighted by Gasteiger charge is 2.30. The fourth-order valence-corrected chi connectivity index (χ4v) is 4.61. The summed E-state index contributed by atoms with van der Waals surface area (Å²) in [5.74, 6) is 0.381. The van der Waals surface area contributed by atoms with Gasteiger partial charge in [0.15, 0.2) is 0 Å². The number of hydrogen-bond acceptors (Lipinski definition) is 7. The van der Waals surface area contributed by atoms with Crippen molar-refractivity contribution >= 4 is 23.4 Å². The van der Waals surface area contributed by atoms with E-state index < -0.39 is 0 Å². The van der Waals surface area contributed by atoms with E-state index in [9.17, 15) is 9.18 Å². The van der Waals surface area contributed by atoms with Crippen molar-refractivity contribution in [2.24, 2.45) is 0 Å². The number of piperidine rings is 1. The first-order valence-corrected chi connectivity index (χ1v) is 11.2. The third-order valence-electron chi connectivity index (χ3n) is 5.54. The van der Waals surface area contributed by atoms with Gasteiger partial charge in [0, 0.05) is 44.9 Å². The molecule has 0 aliphatic carbocycles. The first-order valence-electron chi connectivity index (χ1n) is 10.4. The third kappa shape index (κ3) is 4.41. The van der Waals surface area contributed by atoms with Gasteiger partial charge in [0.1, 0.15) is 10.7 Å². The van der Waals surface area contributed by atoms with Crippen LogP contribution in [-0.2, 0) is 6.42 Å². The summed E-state index contributed by atoms with van der Waals surface area (Å²) in [6, 6.07) is 6.38. The molecule has 1 aliphatic heterocycles. The molecule has 1 atom stereocenters. The number of amides is 1. The Morgan fingerprint density at radius 2 is 2.06 bits per heavy atom. The van der Waals surface area contributed by atoms with E-state index in [1.807, 2.05) is 30.8 Å². The van der Waals surface area contributed by atoms with Crippen molar-refractivity contribution < 1.29 is 9.18 Å². The predicted octanol–water partition coefficient (Wildman–Crippen LogP) is 3.78. The molecule has 0 N–H and O–H groups in total. The molecule has 1 saturated heterocycles. The zero-order valence-corrected chi connectivity index (χ0v) is 18.7. The number of benzene rings is 1. The van der Waals surface area contributed by atoms with E-state index in [1.165, 1.54) is 12.1 Å². The quantitative estimate of drug-likeness (QED) is 0.601. The Morgan fingerprint density at radius 1 is 1.29 bits per heavy atom. The Morgan fingerprint density at radius 3 is 2.77 bits per heavy atom. The summed E-state index contributed by atoms with van der Waals surface area (Å²) in [7, 11) is 3.80. The van der Waals surface area contributed by atoms with Gasteiger partial charge >= 0.3 is 0 Å². The van der Waals surface area contributed by atoms with Crippen LogP contribution in [-0.4, -0.2) is 57.5 Å². The van der Waals surface area contributed by atoms with Gasteiger partial charge in [0.25, 0.3) is 5.91 Å². The minimum absolute atomic E-state index is 0.0122. The maximum absolute atomic E-state index is 13.5. The van der Waals surface area contributed by atoms with Gasteiger partial charge in [0.05, 0.1) is 11.4 Å². The molecule has 2 aromatic heterocycles. The van der Waals surface area contributed by atoms with Crippen molar-refractivity contribution in [3.8, 4) is 11.1 Å². The van der Waals surface area contributed by atoms with Crippen molar-refractivity contribution in [1.29, 1.82) is 0 Å². The second-order valence-electron chi connectivity index (χ2n) is 7.86. The number of hydrogen-bond donors (Lipinski definition) is 0. The van der Waals surface area contributed by atoms with Gasteiger partial charge in [-0.1, -0.05) is 23.5 Å². The van der Waals surface area contributed by atoms with Gasteiger partial charge in [-0.25, -0.2) is 14.4 Å². The maximum atomic E-state index is 13.5. The fourth-order valence-electron chi connectivity index (χ4n) is 3.89. The van der Waals surface area contributed by atoms with Crippen LogP contribution >= 0.6 is 11.5 Å². The van der Waals surface area contributed by atoms with E-state index in [2.05, 4.69) is 14.6 Å². The Kier molecular flexibility index (Phi) is 6.22. The molecule has 4 rings (SSSR count). The summed E-state index contributed by atoms with van der Waals surface area (Å²) < 4.78 is 17.4. The number of likely N-dealkylation sites (tertiary alicyclic amines) is 1. The minimum Gasteiger partial charge on any atom is -0.347 e. The highest BCUT2D eigenvalue weighted by atomic mass is 32.1. The molecule has 0 radical (unpaired) electrons. The minimum atomic E-state index is -0.282. The van der Waals surface area contributed by atoms with Crippen LogP contribution in [0.25, 0.3) is 11.1 Å². The van der Waals surface area contributed by atoms with E-state index in [4.69, 9.17) is 4.98 Å². The molecule has 1 amide bonds. The van der Waals surface area contributed by atoms with Gasteiger partial charge in [-0.2, -0.15) is 0 Å². The number of nitrogens with zero attached hydrogens (tertiary/aromatic N) is 6. The van der Waals surface area contributed by atoms with Crippen LogP contribution in [0, 0.1) is 5.82 Å². The second-order valence-corrected chi connectivity index (χ2v) is 8.62. The molecular weight excluding hydrogens is 415 g/mol. The van der Waals surface area contributed by atoms with E-state index in [0.717, 1.165) is 46.9 Å². The smallest absolute Gasteiger partial charge is 0.267 e. The van der Waals surface area contributed by atoms with E-state index in [0.29, 0.717) is 30.3 Å². The molecule has 1 aliphatic rings. The molecule has 7 nitrogen and oxygen atoms in total. The summed E-state index contributed by atoms with van der Waals surface area (Å²) in [4.78, 5) is 26.8. The first-order chi connectivity index (χ1) is 15.0. The maximum Gasteiger partial charge on any atom is 0.267 e. The van der Waals surface area contributed by atoms with Crippen LogP contribution < -0.4 is 4.90 Å². The summed E-state index contributed by atoms with van der Waals surface area (Å²) >= 11 is 1.16. The molecule has 31 heavy (non-hydrogen) atoms. The van der Waals surface area contributed by atoms with Gasteiger partial charge in [0.2, 0.25) is 5.95 Å². The highest BCUT2D eigenvalue weighted by Crippen LogP contribution is 2.34. The number of carbonyl (C=O) groups excluding carboxylic acids is 1. The van der Waals surface area contributed by atoms with Gasteiger partial charge in [-0.05, 0) is 48.5 Å². The number of rotatable bonds is 5. The number of halogens is 1. The van der Waals surface area contributed by atoms with Crippen molar-refractivity contribution in [2.75, 3.05) is 32.1 Å². The molecule has 162 valence electrons. The Bertz CT molecular complexity index is 1070. The lowest BCUT2D eigenvalue weighted by Gasteiger charge is -2.33. The van der Waals surface area contributed by atoms with E-state index in [-0.39, 0.29) is 17.6 Å². The Hall–Kier alpha value is -2.94. The SMILES string of the molecule is CCc1nnsc1C(=O)N1CCCC(c2nc(N(C)C)ncc2-c2ccc(F)cc2)C1. The largest absolute Gasteiger partial charge is 0.347 e. The van der Waals surface area contributed by atoms with Crippen LogP contribution in [0.3, 0.4) is 0 Å². The number of carbonyl (C=O) groups is 1. The second kappa shape index (κ2) is 9.05. The summed E-state index contributed by atoms with van der Waals surface area (Å²) in [5.41, 5.74) is 3.38. The zero-order valence-electron chi connectivity index (χ0n) is 17.9. The van der Waals surface area contributed by atoms with Gasteiger partial charge in [-0.15, -0.1) is 5.10 Å². The lowest BCUT2D eigenvalue weighted by Crippen LogP contribution is -2.39. The molecule has 0 spiro atoms. The van der Waals surface area contributed by atoms with Crippen LogP contribution in [0.1, 0.15) is 46.7 Å². The number of anilines is 1. The van der Waals surface area contributed by atoms with Crippen LogP contribution in [0.2, 0.25) is 0 Å². The normalized spacial score (nSPS) is 16.4. The highest BCUT2D eigenvalue weighted by molar-refractivity contribution is 7.08. The summed E-state index contributed by atoms with van der Waals surface area (Å²) in [6.07, 6.45) is 4.29. The van der Waals surface area contributed by atoms with Crippen LogP contribution in [0.5, 0.6) is 0 Å². The molecule has 0 bridgehead atoms. The van der Waals surface area contributed by atoms with Gasteiger partial charge in [-0.3, -0.25) is 4.79 Å². The summed E-state index contributed by atoms with van der Waals surface area (Å²) in [6.45, 7) is 3.25. The number of aryl methyl sites for hydroxylation is 1. The third-order valence-corrected chi connectivity index (χ3v) is 6.30. The van der Waals surface area contributed by atoms with Crippen LogP contribution in [0.4, 0.5) is 10.3 Å². The topological polar surface area (TPSA) is 75.1 Å². The van der Waals surface area contributed by atoms with E-state index in [1.54, 1.807) is 18.3 Å². The molecule has 9 heteroatoms.